The number of rotatable bonds is 6. The highest BCUT2D eigenvalue weighted by Crippen LogP contribution is 2.75. The van der Waals surface area contributed by atoms with Crippen LogP contribution in [0.15, 0.2) is 23.3 Å². The fourth-order valence-corrected chi connectivity index (χ4v) is 13.6. The fourth-order valence-electron chi connectivity index (χ4n) is 13.6. The highest BCUT2D eigenvalue weighted by atomic mass is 16.8. The first-order valence-electron chi connectivity index (χ1n) is 20.7. The summed E-state index contributed by atoms with van der Waals surface area (Å²) in [5.41, 5.74) is -2.17. The van der Waals surface area contributed by atoms with Gasteiger partial charge >= 0.3 is 5.97 Å². The summed E-state index contributed by atoms with van der Waals surface area (Å²) in [7, 11) is 0. The fraction of sp³-hybridized carbons (Fsp3) is 0.881. The summed E-state index contributed by atoms with van der Waals surface area (Å²) in [5.74, 6) is 0.146. The zero-order chi connectivity index (χ0) is 40.8. The van der Waals surface area contributed by atoms with Gasteiger partial charge in [0.2, 0.25) is 0 Å². The topological polar surface area (TPSA) is 225 Å². The molecule has 0 aromatic carbocycles. The first-order valence-corrected chi connectivity index (χ1v) is 20.7. The maximum absolute atomic E-state index is 13.7. The Morgan fingerprint density at radius 3 is 2.00 bits per heavy atom. The van der Waals surface area contributed by atoms with Crippen molar-refractivity contribution >= 4 is 5.97 Å². The van der Waals surface area contributed by atoms with Gasteiger partial charge in [-0.2, -0.15) is 0 Å². The molecule has 4 saturated heterocycles. The standard InChI is InChI=1S/C42H64O14/c1-36(2)23-10-13-39(5)24(9-8-20-32-41(7,51)40(6)15-17-42(32,35(50)56-40)16-14-38(20,39)4)37(23,3)12-11-25(36)54-34-31(29(48)27(46)22(19-44)53-34)55-33-30(49)28(47)26(45)21(18-43)52-33/h8-9,21-31,33-34,43-49,51H,10-19H2,1-7H3/t21-,22-,23?,24-,25+,26-,27-,28+,29+,30-,31-,33+,34+,37+,38-,39-,40+,41+,42-/m1/s1. The normalized spacial score (nSPS) is 56.1. The van der Waals surface area contributed by atoms with Gasteiger partial charge in [0.05, 0.1) is 24.7 Å². The predicted molar refractivity (Wildman–Crippen MR) is 197 cm³/mol. The second-order valence-electron chi connectivity index (χ2n) is 20.2. The molecule has 56 heavy (non-hydrogen) atoms. The van der Waals surface area contributed by atoms with Crippen LogP contribution in [0, 0.1) is 38.9 Å². The molecule has 0 aromatic rings. The molecule has 9 rings (SSSR count). The number of allylic oxidation sites excluding steroid dienone is 3. The van der Waals surface area contributed by atoms with Gasteiger partial charge in [-0.15, -0.1) is 0 Å². The Bertz CT molecular complexity index is 1640. The van der Waals surface area contributed by atoms with E-state index in [0.717, 1.165) is 36.8 Å². The molecule has 1 unspecified atom stereocenters. The Morgan fingerprint density at radius 2 is 1.36 bits per heavy atom. The summed E-state index contributed by atoms with van der Waals surface area (Å²) in [6.45, 7) is 13.9. The minimum absolute atomic E-state index is 0.164. The predicted octanol–water partition coefficient (Wildman–Crippen LogP) is 1.37. The third-order valence-electron chi connectivity index (χ3n) is 17.4. The zero-order valence-corrected chi connectivity index (χ0v) is 33.8. The van der Waals surface area contributed by atoms with Crippen LogP contribution in [-0.2, 0) is 28.5 Å². The molecule has 5 aliphatic carbocycles. The Labute approximate surface area is 328 Å². The van der Waals surface area contributed by atoms with E-state index in [1.807, 2.05) is 13.8 Å². The van der Waals surface area contributed by atoms with E-state index in [1.54, 1.807) is 0 Å². The Kier molecular flexibility index (Phi) is 9.74. The molecule has 14 heteroatoms. The molecular formula is C42H64O14. The van der Waals surface area contributed by atoms with Crippen molar-refractivity contribution in [2.24, 2.45) is 38.9 Å². The van der Waals surface area contributed by atoms with E-state index in [9.17, 15) is 45.6 Å². The van der Waals surface area contributed by atoms with E-state index in [-0.39, 0.29) is 34.1 Å². The van der Waals surface area contributed by atoms with Crippen LogP contribution in [0.2, 0.25) is 0 Å². The summed E-state index contributed by atoms with van der Waals surface area (Å²) in [6, 6.07) is 0. The minimum atomic E-state index is -1.76. The average Bonchev–Trinajstić information content (AvgIpc) is 3.13. The van der Waals surface area contributed by atoms with Gasteiger partial charge in [0, 0.05) is 0 Å². The minimum Gasteiger partial charge on any atom is -0.455 e. The van der Waals surface area contributed by atoms with E-state index in [4.69, 9.17) is 23.7 Å². The van der Waals surface area contributed by atoms with Crippen molar-refractivity contribution < 1.29 is 69.3 Å². The Morgan fingerprint density at radius 1 is 0.732 bits per heavy atom. The molecule has 19 atom stereocenters. The summed E-state index contributed by atoms with van der Waals surface area (Å²) in [4.78, 5) is 13.7. The molecule has 7 fully saturated rings. The van der Waals surface area contributed by atoms with Crippen LogP contribution in [-0.4, -0.2) is 139 Å². The number of aliphatic hydroxyl groups excluding tert-OH is 7. The second kappa shape index (κ2) is 13.2. The summed E-state index contributed by atoms with van der Waals surface area (Å²) < 4.78 is 30.4. The first kappa shape index (κ1) is 41.2. The molecule has 0 radical (unpaired) electrons. The number of hydrogen-bond acceptors (Lipinski definition) is 14. The summed E-state index contributed by atoms with van der Waals surface area (Å²) in [5, 5.41) is 85.7. The van der Waals surface area contributed by atoms with Crippen LogP contribution in [0.25, 0.3) is 0 Å². The lowest BCUT2D eigenvalue weighted by molar-refractivity contribution is -0.378. The average molecular weight is 793 g/mol. The highest BCUT2D eigenvalue weighted by Gasteiger charge is 2.73. The van der Waals surface area contributed by atoms with E-state index < -0.39 is 103 Å². The van der Waals surface area contributed by atoms with Crippen LogP contribution in [0.4, 0.5) is 0 Å². The van der Waals surface area contributed by atoms with Crippen LogP contribution < -0.4 is 0 Å². The van der Waals surface area contributed by atoms with Crippen molar-refractivity contribution in [1.29, 1.82) is 0 Å². The molecule has 14 nitrogen and oxygen atoms in total. The monoisotopic (exact) mass is 792 g/mol. The molecule has 8 N–H and O–H groups in total. The van der Waals surface area contributed by atoms with Crippen LogP contribution in [0.1, 0.15) is 99.8 Å². The lowest BCUT2D eigenvalue weighted by Crippen LogP contribution is -2.71. The molecule has 316 valence electrons. The van der Waals surface area contributed by atoms with Crippen molar-refractivity contribution in [3.63, 3.8) is 0 Å². The molecular weight excluding hydrogens is 728 g/mol. The molecule has 0 aromatic heterocycles. The van der Waals surface area contributed by atoms with E-state index in [0.29, 0.717) is 25.7 Å². The number of carbonyl (C=O) groups is 1. The number of carbonyl (C=O) groups excluding carboxylic acids is 1. The van der Waals surface area contributed by atoms with Crippen molar-refractivity contribution in [1.82, 2.24) is 0 Å². The maximum atomic E-state index is 13.7. The van der Waals surface area contributed by atoms with Gasteiger partial charge in [-0.1, -0.05) is 46.8 Å². The SMILES string of the molecule is CC1(C)C2CC[C@]3(C)[C@H](C=CC4=C5[C@]6(CC[C@](C)(OC6=O)[C@@]5(C)O)CC[C@]43C)[C@@]2(C)CC[C@@H]1O[C@@H]1O[C@H](CO)[C@@H](O)[C@H](O)[C@H]1O[C@@H]1O[C@H](CO)[C@@H](O)[C@H](O)[C@H]1O. The lowest BCUT2D eigenvalue weighted by Gasteiger charge is -2.71. The molecule has 2 bridgehead atoms. The summed E-state index contributed by atoms with van der Waals surface area (Å²) in [6.07, 6.45) is -5.03. The lowest BCUT2D eigenvalue weighted by atomic mass is 9.35. The maximum Gasteiger partial charge on any atom is 0.317 e. The molecule has 0 amide bonds. The number of ether oxygens (including phenoxy) is 5. The largest absolute Gasteiger partial charge is 0.455 e. The van der Waals surface area contributed by atoms with Gasteiger partial charge < -0.3 is 64.5 Å². The van der Waals surface area contributed by atoms with Gasteiger partial charge in [-0.3, -0.25) is 4.79 Å². The Balaban J connectivity index is 1.09. The molecule has 4 heterocycles. The van der Waals surface area contributed by atoms with E-state index in [2.05, 4.69) is 46.8 Å². The highest BCUT2D eigenvalue weighted by molar-refractivity contribution is 5.86. The van der Waals surface area contributed by atoms with Gasteiger partial charge in [-0.05, 0) is 110 Å². The van der Waals surface area contributed by atoms with Crippen molar-refractivity contribution in [3.05, 3.63) is 23.3 Å². The number of fused-ring (bicyclic) bond motifs is 7. The van der Waals surface area contributed by atoms with Crippen LogP contribution in [0.3, 0.4) is 0 Å². The first-order chi connectivity index (χ1) is 26.1. The molecule has 9 aliphatic rings. The van der Waals surface area contributed by atoms with Crippen molar-refractivity contribution in [3.8, 4) is 0 Å². The smallest absolute Gasteiger partial charge is 0.317 e. The third kappa shape index (κ3) is 5.27. The summed E-state index contributed by atoms with van der Waals surface area (Å²) >= 11 is 0. The Hall–Kier alpha value is -1.53. The number of esters is 1. The van der Waals surface area contributed by atoms with Gasteiger partial charge in [0.1, 0.15) is 60.0 Å². The quantitative estimate of drug-likeness (QED) is 0.141. The van der Waals surface area contributed by atoms with Crippen LogP contribution >= 0.6 is 0 Å². The van der Waals surface area contributed by atoms with E-state index in [1.165, 1.54) is 0 Å². The number of aliphatic hydroxyl groups is 8. The van der Waals surface area contributed by atoms with Crippen LogP contribution in [0.5, 0.6) is 0 Å². The van der Waals surface area contributed by atoms with E-state index >= 15 is 0 Å². The van der Waals surface area contributed by atoms with Crippen molar-refractivity contribution in [2.45, 2.75) is 179 Å². The second-order valence-corrected chi connectivity index (χ2v) is 20.2. The number of hydrogen-bond donors (Lipinski definition) is 8. The third-order valence-corrected chi connectivity index (χ3v) is 17.4. The zero-order valence-electron chi connectivity index (χ0n) is 33.8. The van der Waals surface area contributed by atoms with Gasteiger partial charge in [-0.25, -0.2) is 0 Å². The molecule has 1 spiro atoms. The van der Waals surface area contributed by atoms with Crippen molar-refractivity contribution in [2.75, 3.05) is 13.2 Å². The van der Waals surface area contributed by atoms with Gasteiger partial charge in [0.15, 0.2) is 12.6 Å². The molecule has 4 aliphatic heterocycles. The molecule has 3 saturated carbocycles. The van der Waals surface area contributed by atoms with Gasteiger partial charge in [0.25, 0.3) is 0 Å².